The lowest BCUT2D eigenvalue weighted by atomic mass is 9.97. The van der Waals surface area contributed by atoms with Gasteiger partial charge in [0.25, 0.3) is 0 Å². The first-order valence-corrected chi connectivity index (χ1v) is 9.76. The molecule has 0 aliphatic carbocycles. The second-order valence-electron chi connectivity index (χ2n) is 7.39. The molecule has 0 saturated carbocycles. The van der Waals surface area contributed by atoms with E-state index >= 15 is 0 Å². The summed E-state index contributed by atoms with van der Waals surface area (Å²) in [6.07, 6.45) is -2.71. The molecule has 10 heteroatoms. The van der Waals surface area contributed by atoms with Crippen molar-refractivity contribution in [1.29, 1.82) is 0 Å². The lowest BCUT2D eigenvalue weighted by molar-refractivity contribution is -0.274. The van der Waals surface area contributed by atoms with Crippen LogP contribution in [0.1, 0.15) is 30.2 Å². The number of piperidine rings is 1. The number of ether oxygens (including phenoxy) is 1. The lowest BCUT2D eigenvalue weighted by Gasteiger charge is -2.30. The summed E-state index contributed by atoms with van der Waals surface area (Å²) in [6.45, 7) is 7.04. The van der Waals surface area contributed by atoms with E-state index in [1.54, 1.807) is 0 Å². The number of alkyl halides is 3. The van der Waals surface area contributed by atoms with Crippen LogP contribution in [0, 0.1) is 19.8 Å². The molecule has 7 nitrogen and oxygen atoms in total. The third-order valence-corrected chi connectivity index (χ3v) is 5.02. The van der Waals surface area contributed by atoms with Crippen LogP contribution < -0.4 is 15.8 Å². The highest BCUT2D eigenvalue weighted by Gasteiger charge is 2.31. The second-order valence-corrected chi connectivity index (χ2v) is 7.39. The molecular weight excluding hydrogens is 399 g/mol. The number of oxazole rings is 1. The fourth-order valence-electron chi connectivity index (χ4n) is 3.28. The van der Waals surface area contributed by atoms with Crippen molar-refractivity contribution in [2.75, 3.05) is 25.0 Å². The molecule has 0 radical (unpaired) electrons. The lowest BCUT2D eigenvalue weighted by Crippen LogP contribution is -2.34. The maximum absolute atomic E-state index is 12.2. The third-order valence-electron chi connectivity index (χ3n) is 5.02. The Bertz CT molecular complexity index is 837. The Morgan fingerprint density at radius 1 is 1.27 bits per heavy atom. The standard InChI is InChI=1S/C20H26F3N5O2/c1-13-14(2)29-18(26-13)12-28-9-7-15(8-10-28)11-25-19(24)27-16-3-5-17(6-4-16)30-20(21,22)23/h3-6,15H,7-12H2,1-2H3,(H3,24,25,27). The van der Waals surface area contributed by atoms with Gasteiger partial charge in [0.2, 0.25) is 5.89 Å². The van der Waals surface area contributed by atoms with E-state index in [9.17, 15) is 13.2 Å². The summed E-state index contributed by atoms with van der Waals surface area (Å²) in [4.78, 5) is 11.1. The maximum atomic E-state index is 12.2. The summed E-state index contributed by atoms with van der Waals surface area (Å²) >= 11 is 0. The maximum Gasteiger partial charge on any atom is 0.573 e. The first-order valence-electron chi connectivity index (χ1n) is 9.76. The van der Waals surface area contributed by atoms with Crippen molar-refractivity contribution >= 4 is 11.6 Å². The second kappa shape index (κ2) is 9.38. The summed E-state index contributed by atoms with van der Waals surface area (Å²) in [6, 6.07) is 5.34. The molecule has 0 atom stereocenters. The smallest absolute Gasteiger partial charge is 0.444 e. The van der Waals surface area contributed by atoms with Crippen molar-refractivity contribution in [2.24, 2.45) is 16.6 Å². The predicted molar refractivity (Wildman–Crippen MR) is 107 cm³/mol. The molecular formula is C20H26F3N5O2. The number of halogens is 3. The number of aromatic nitrogens is 1. The van der Waals surface area contributed by atoms with E-state index in [4.69, 9.17) is 10.2 Å². The molecule has 30 heavy (non-hydrogen) atoms. The van der Waals surface area contributed by atoms with E-state index < -0.39 is 6.36 Å². The molecule has 1 aromatic carbocycles. The highest BCUT2D eigenvalue weighted by molar-refractivity contribution is 5.92. The number of hydrogen-bond donors (Lipinski definition) is 2. The van der Waals surface area contributed by atoms with Crippen LogP contribution in [0.4, 0.5) is 18.9 Å². The molecule has 1 saturated heterocycles. The normalized spacial score (nSPS) is 16.6. The zero-order chi connectivity index (χ0) is 21.7. The molecule has 0 spiro atoms. The largest absolute Gasteiger partial charge is 0.573 e. The quantitative estimate of drug-likeness (QED) is 0.540. The van der Waals surface area contributed by atoms with Gasteiger partial charge < -0.3 is 20.2 Å². The number of nitrogens with zero attached hydrogens (tertiary/aromatic N) is 3. The van der Waals surface area contributed by atoms with Gasteiger partial charge in [0.05, 0.1) is 12.2 Å². The van der Waals surface area contributed by atoms with Gasteiger partial charge in [-0.15, -0.1) is 13.2 Å². The Kier molecular flexibility index (Phi) is 6.86. The molecule has 0 unspecified atom stereocenters. The molecule has 3 N–H and O–H groups in total. The van der Waals surface area contributed by atoms with Crippen LogP contribution in [0.5, 0.6) is 5.75 Å². The van der Waals surface area contributed by atoms with Gasteiger partial charge in [0.15, 0.2) is 5.96 Å². The summed E-state index contributed by atoms with van der Waals surface area (Å²) in [5.41, 5.74) is 7.37. The molecule has 2 aromatic rings. The van der Waals surface area contributed by atoms with Gasteiger partial charge >= 0.3 is 6.36 Å². The molecule has 164 valence electrons. The minimum atomic E-state index is -4.71. The van der Waals surface area contributed by atoms with Crippen LogP contribution >= 0.6 is 0 Å². The van der Waals surface area contributed by atoms with Crippen molar-refractivity contribution < 1.29 is 22.3 Å². The van der Waals surface area contributed by atoms with Gasteiger partial charge in [0.1, 0.15) is 11.5 Å². The Labute approximate surface area is 173 Å². The Balaban J connectivity index is 1.41. The van der Waals surface area contributed by atoms with E-state index in [0.717, 1.165) is 43.3 Å². The van der Waals surface area contributed by atoms with Crippen molar-refractivity contribution in [3.63, 3.8) is 0 Å². The minimum absolute atomic E-state index is 0.229. The van der Waals surface area contributed by atoms with E-state index in [1.165, 1.54) is 24.3 Å². The number of nitrogens with one attached hydrogen (secondary N) is 1. The van der Waals surface area contributed by atoms with Gasteiger partial charge in [-0.3, -0.25) is 9.89 Å². The van der Waals surface area contributed by atoms with Crippen LogP contribution in [-0.4, -0.2) is 41.8 Å². The van der Waals surface area contributed by atoms with Gasteiger partial charge in [-0.25, -0.2) is 4.98 Å². The van der Waals surface area contributed by atoms with Crippen LogP contribution in [-0.2, 0) is 6.54 Å². The van der Waals surface area contributed by atoms with E-state index in [2.05, 4.69) is 24.9 Å². The van der Waals surface area contributed by atoms with Crippen LogP contribution in [0.2, 0.25) is 0 Å². The minimum Gasteiger partial charge on any atom is -0.444 e. The van der Waals surface area contributed by atoms with Crippen LogP contribution in [0.25, 0.3) is 0 Å². The van der Waals surface area contributed by atoms with Crippen LogP contribution in [0.3, 0.4) is 0 Å². The highest BCUT2D eigenvalue weighted by atomic mass is 19.4. The van der Waals surface area contributed by atoms with Crippen LogP contribution in [0.15, 0.2) is 33.7 Å². The number of nitrogens with two attached hydrogens (primary N) is 1. The highest BCUT2D eigenvalue weighted by Crippen LogP contribution is 2.24. The summed E-state index contributed by atoms with van der Waals surface area (Å²) in [7, 11) is 0. The number of hydrogen-bond acceptors (Lipinski definition) is 5. The topological polar surface area (TPSA) is 88.9 Å². The first-order chi connectivity index (χ1) is 14.2. The number of benzene rings is 1. The Morgan fingerprint density at radius 3 is 2.50 bits per heavy atom. The molecule has 1 aromatic heterocycles. The molecule has 0 amide bonds. The number of aliphatic imine (C=N–C) groups is 1. The Morgan fingerprint density at radius 2 is 1.93 bits per heavy atom. The monoisotopic (exact) mass is 425 g/mol. The van der Waals surface area contributed by atoms with Gasteiger partial charge in [0, 0.05) is 12.2 Å². The summed E-state index contributed by atoms with van der Waals surface area (Å²) < 4.78 is 46.1. The SMILES string of the molecule is Cc1nc(CN2CCC(CN=C(N)Nc3ccc(OC(F)(F)F)cc3)CC2)oc1C. The number of guanidine groups is 1. The van der Waals surface area contributed by atoms with Gasteiger partial charge in [-0.2, -0.15) is 0 Å². The Hall–Kier alpha value is -2.75. The van der Waals surface area contributed by atoms with E-state index in [-0.39, 0.29) is 11.7 Å². The van der Waals surface area contributed by atoms with E-state index in [0.29, 0.717) is 24.7 Å². The molecule has 1 aliphatic heterocycles. The average molecular weight is 425 g/mol. The molecule has 1 aliphatic rings. The van der Waals surface area contributed by atoms with Crippen molar-refractivity contribution in [3.05, 3.63) is 41.6 Å². The van der Waals surface area contributed by atoms with Gasteiger partial charge in [-0.1, -0.05) is 0 Å². The molecule has 0 bridgehead atoms. The van der Waals surface area contributed by atoms with Crippen molar-refractivity contribution in [1.82, 2.24) is 9.88 Å². The third kappa shape index (κ3) is 6.65. The summed E-state index contributed by atoms with van der Waals surface area (Å²) in [5.74, 6) is 1.98. The van der Waals surface area contributed by atoms with E-state index in [1.807, 2.05) is 13.8 Å². The number of anilines is 1. The fourth-order valence-corrected chi connectivity index (χ4v) is 3.28. The number of rotatable bonds is 6. The number of likely N-dealkylation sites (tertiary alicyclic amines) is 1. The predicted octanol–water partition coefficient (Wildman–Crippen LogP) is 3.83. The molecule has 2 heterocycles. The fraction of sp³-hybridized carbons (Fsp3) is 0.500. The van der Waals surface area contributed by atoms with Gasteiger partial charge in [-0.05, 0) is 70.0 Å². The zero-order valence-corrected chi connectivity index (χ0v) is 17.0. The first kappa shape index (κ1) is 21.9. The molecule has 1 fully saturated rings. The summed E-state index contributed by atoms with van der Waals surface area (Å²) in [5, 5.41) is 2.88. The van der Waals surface area contributed by atoms with Crippen molar-refractivity contribution in [3.8, 4) is 5.75 Å². The number of aryl methyl sites for hydroxylation is 2. The molecule has 3 rings (SSSR count). The zero-order valence-electron chi connectivity index (χ0n) is 17.0. The van der Waals surface area contributed by atoms with Crippen molar-refractivity contribution in [2.45, 2.75) is 39.6 Å². The average Bonchev–Trinajstić information content (AvgIpc) is 2.99.